The number of carbonyl (C=O) groups is 2. The van der Waals surface area contributed by atoms with Crippen molar-refractivity contribution >= 4 is 40.8 Å². The Morgan fingerprint density at radius 2 is 2.16 bits per heavy atom. The van der Waals surface area contributed by atoms with Crippen LogP contribution in [-0.4, -0.2) is 21.5 Å². The molecule has 1 aromatic heterocycles. The Bertz CT molecular complexity index is 629. The number of halogens is 1. The van der Waals surface area contributed by atoms with Gasteiger partial charge in [-0.3, -0.25) is 10.1 Å². The van der Waals surface area contributed by atoms with Crippen LogP contribution in [0.2, 0.25) is 5.02 Å². The maximum absolute atomic E-state index is 11.7. The van der Waals surface area contributed by atoms with Crippen molar-refractivity contribution in [3.05, 3.63) is 39.9 Å². The number of hydrogen-bond donors (Lipinski definition) is 2. The van der Waals surface area contributed by atoms with Crippen molar-refractivity contribution in [1.82, 2.24) is 14.9 Å². The number of rotatable bonds is 2. The predicted molar refractivity (Wildman–Crippen MR) is 72.6 cm³/mol. The van der Waals surface area contributed by atoms with Gasteiger partial charge in [-0.1, -0.05) is 22.2 Å². The number of aromatic nitrogens is 2. The molecule has 8 heteroatoms. The number of hydrogen-bond acceptors (Lipinski definition) is 5. The molecule has 0 bridgehead atoms. The van der Waals surface area contributed by atoms with Crippen LogP contribution in [0.1, 0.15) is 15.4 Å². The number of anilines is 1. The van der Waals surface area contributed by atoms with Crippen LogP contribution < -0.4 is 10.6 Å². The summed E-state index contributed by atoms with van der Waals surface area (Å²) in [6.45, 7) is 1.65. The van der Waals surface area contributed by atoms with Gasteiger partial charge in [-0.05, 0) is 36.7 Å². The SMILES string of the molecule is Cc1nnsc1C(=O)NC(=O)Nc1cccc(Cl)c1. The summed E-state index contributed by atoms with van der Waals surface area (Å²) in [4.78, 5) is 23.7. The van der Waals surface area contributed by atoms with E-state index in [1.54, 1.807) is 31.2 Å². The number of benzene rings is 1. The normalized spacial score (nSPS) is 10.0. The molecule has 1 aromatic carbocycles. The van der Waals surface area contributed by atoms with Gasteiger partial charge < -0.3 is 5.32 Å². The highest BCUT2D eigenvalue weighted by molar-refractivity contribution is 7.08. The number of urea groups is 1. The van der Waals surface area contributed by atoms with Crippen LogP contribution >= 0.6 is 23.1 Å². The first-order valence-corrected chi connectivity index (χ1v) is 6.38. The number of imide groups is 1. The van der Waals surface area contributed by atoms with Gasteiger partial charge in [0.25, 0.3) is 5.91 Å². The van der Waals surface area contributed by atoms with E-state index in [9.17, 15) is 9.59 Å². The zero-order chi connectivity index (χ0) is 13.8. The van der Waals surface area contributed by atoms with Crippen LogP contribution in [0.15, 0.2) is 24.3 Å². The zero-order valence-corrected chi connectivity index (χ0v) is 11.4. The van der Waals surface area contributed by atoms with E-state index in [1.165, 1.54) is 0 Å². The zero-order valence-electron chi connectivity index (χ0n) is 9.81. The molecule has 98 valence electrons. The Morgan fingerprint density at radius 1 is 1.37 bits per heavy atom. The number of carbonyl (C=O) groups excluding carboxylic acids is 2. The molecule has 0 unspecified atom stereocenters. The minimum atomic E-state index is -0.639. The molecular weight excluding hydrogens is 288 g/mol. The standard InChI is InChI=1S/C11H9ClN4O2S/c1-6-9(19-16-15-6)10(17)14-11(18)13-8-4-2-3-7(12)5-8/h2-5H,1H3,(H2,13,14,17,18). The van der Waals surface area contributed by atoms with Gasteiger partial charge in [0.1, 0.15) is 4.88 Å². The number of nitrogens with one attached hydrogen (secondary N) is 2. The molecule has 0 fully saturated rings. The fourth-order valence-electron chi connectivity index (χ4n) is 1.33. The molecule has 2 rings (SSSR count). The van der Waals surface area contributed by atoms with Crippen molar-refractivity contribution in [3.63, 3.8) is 0 Å². The van der Waals surface area contributed by atoms with Gasteiger partial charge in [0.2, 0.25) is 0 Å². The summed E-state index contributed by atoms with van der Waals surface area (Å²) in [6, 6.07) is 5.97. The van der Waals surface area contributed by atoms with Gasteiger partial charge in [0.15, 0.2) is 0 Å². The van der Waals surface area contributed by atoms with Crippen molar-refractivity contribution in [1.29, 1.82) is 0 Å². The number of nitrogens with zero attached hydrogens (tertiary/aromatic N) is 2. The second kappa shape index (κ2) is 5.77. The lowest BCUT2D eigenvalue weighted by Gasteiger charge is -2.06. The van der Waals surface area contributed by atoms with E-state index in [2.05, 4.69) is 20.2 Å². The number of amides is 3. The summed E-state index contributed by atoms with van der Waals surface area (Å²) in [6.07, 6.45) is 0. The van der Waals surface area contributed by atoms with E-state index in [-0.39, 0.29) is 0 Å². The average molecular weight is 297 g/mol. The van der Waals surface area contributed by atoms with Gasteiger partial charge in [0, 0.05) is 10.7 Å². The average Bonchev–Trinajstić information content (AvgIpc) is 2.75. The monoisotopic (exact) mass is 296 g/mol. The molecule has 6 nitrogen and oxygen atoms in total. The highest BCUT2D eigenvalue weighted by Gasteiger charge is 2.15. The van der Waals surface area contributed by atoms with Crippen molar-refractivity contribution in [2.75, 3.05) is 5.32 Å². The smallest absolute Gasteiger partial charge is 0.308 e. The van der Waals surface area contributed by atoms with Gasteiger partial charge in [0.05, 0.1) is 5.69 Å². The highest BCUT2D eigenvalue weighted by Crippen LogP contribution is 2.14. The third-order valence-electron chi connectivity index (χ3n) is 2.17. The molecule has 0 atom stereocenters. The van der Waals surface area contributed by atoms with E-state index in [1.807, 2.05) is 0 Å². The van der Waals surface area contributed by atoms with Crippen molar-refractivity contribution in [2.24, 2.45) is 0 Å². The van der Waals surface area contributed by atoms with Crippen LogP contribution in [0.5, 0.6) is 0 Å². The molecule has 2 N–H and O–H groups in total. The molecule has 0 aliphatic heterocycles. The van der Waals surface area contributed by atoms with Crippen molar-refractivity contribution < 1.29 is 9.59 Å². The topological polar surface area (TPSA) is 84.0 Å². The molecule has 19 heavy (non-hydrogen) atoms. The molecule has 0 saturated heterocycles. The first-order valence-electron chi connectivity index (χ1n) is 5.23. The second-order valence-corrected chi connectivity index (χ2v) is 4.80. The molecule has 0 aliphatic carbocycles. The van der Waals surface area contributed by atoms with E-state index >= 15 is 0 Å². The van der Waals surface area contributed by atoms with E-state index in [0.29, 0.717) is 21.3 Å². The summed E-state index contributed by atoms with van der Waals surface area (Å²) >= 11 is 6.72. The summed E-state index contributed by atoms with van der Waals surface area (Å²) in [7, 11) is 0. The predicted octanol–water partition coefficient (Wildman–Crippen LogP) is 2.46. The van der Waals surface area contributed by atoms with Crippen molar-refractivity contribution in [2.45, 2.75) is 6.92 Å². The first kappa shape index (κ1) is 13.4. The molecule has 2 aromatic rings. The lowest BCUT2D eigenvalue weighted by Crippen LogP contribution is -2.34. The van der Waals surface area contributed by atoms with E-state index in [0.717, 1.165) is 11.5 Å². The summed E-state index contributed by atoms with van der Waals surface area (Å²) in [5.74, 6) is -0.535. The van der Waals surface area contributed by atoms with Crippen LogP contribution in [0.3, 0.4) is 0 Å². The van der Waals surface area contributed by atoms with Gasteiger partial charge in [-0.2, -0.15) is 0 Å². The second-order valence-electron chi connectivity index (χ2n) is 3.61. The molecular formula is C11H9ClN4O2S. The molecule has 0 saturated carbocycles. The largest absolute Gasteiger partial charge is 0.326 e. The lowest BCUT2D eigenvalue weighted by atomic mass is 10.3. The van der Waals surface area contributed by atoms with Crippen LogP contribution in [0, 0.1) is 6.92 Å². The van der Waals surface area contributed by atoms with E-state index < -0.39 is 11.9 Å². The first-order chi connectivity index (χ1) is 9.06. The van der Waals surface area contributed by atoms with Crippen molar-refractivity contribution in [3.8, 4) is 0 Å². The Labute approximate surface area is 117 Å². The highest BCUT2D eigenvalue weighted by atomic mass is 35.5. The molecule has 0 radical (unpaired) electrons. The maximum Gasteiger partial charge on any atom is 0.326 e. The summed E-state index contributed by atoms with van der Waals surface area (Å²) < 4.78 is 3.63. The number of aryl methyl sites for hydroxylation is 1. The molecule has 0 aliphatic rings. The Balaban J connectivity index is 1.99. The van der Waals surface area contributed by atoms with Crippen LogP contribution in [-0.2, 0) is 0 Å². The fourth-order valence-corrected chi connectivity index (χ4v) is 2.07. The van der Waals surface area contributed by atoms with Gasteiger partial charge >= 0.3 is 6.03 Å². The minimum Gasteiger partial charge on any atom is -0.308 e. The van der Waals surface area contributed by atoms with Crippen LogP contribution in [0.4, 0.5) is 10.5 Å². The lowest BCUT2D eigenvalue weighted by molar-refractivity contribution is 0.0970. The van der Waals surface area contributed by atoms with Gasteiger partial charge in [-0.25, -0.2) is 4.79 Å². The minimum absolute atomic E-state index is 0.307. The molecule has 3 amide bonds. The third-order valence-corrected chi connectivity index (χ3v) is 3.23. The third kappa shape index (κ3) is 3.49. The summed E-state index contributed by atoms with van der Waals surface area (Å²) in [5.41, 5.74) is 0.981. The Kier molecular flexibility index (Phi) is 4.08. The maximum atomic E-state index is 11.7. The summed E-state index contributed by atoms with van der Waals surface area (Å²) in [5, 5.41) is 8.88. The van der Waals surface area contributed by atoms with Gasteiger partial charge in [-0.15, -0.1) is 5.10 Å². The molecule has 0 spiro atoms. The fraction of sp³-hybridized carbons (Fsp3) is 0.0909. The van der Waals surface area contributed by atoms with Crippen LogP contribution in [0.25, 0.3) is 0 Å². The Hall–Kier alpha value is -1.99. The molecule has 1 heterocycles. The quantitative estimate of drug-likeness (QED) is 0.891. The van der Waals surface area contributed by atoms with E-state index in [4.69, 9.17) is 11.6 Å². The Morgan fingerprint density at radius 3 is 2.79 bits per heavy atom.